The van der Waals surface area contributed by atoms with Crippen LogP contribution in [0.1, 0.15) is 49.5 Å². The monoisotopic (exact) mass is 389 g/mol. The first-order valence-corrected chi connectivity index (χ1v) is 9.00. The zero-order valence-corrected chi connectivity index (χ0v) is 16.2. The Bertz CT molecular complexity index is 711. The number of carbonyl (C=O) groups excluding carboxylic acids is 1. The molecule has 0 bridgehead atoms. The minimum absolute atomic E-state index is 0.164. The average Bonchev–Trinajstić information content (AvgIpc) is 2.53. The summed E-state index contributed by atoms with van der Waals surface area (Å²) < 4.78 is 6.66. The number of nitrogens with one attached hydrogen (secondary N) is 1. The quantitative estimate of drug-likeness (QED) is 0.671. The van der Waals surface area contributed by atoms with Crippen molar-refractivity contribution in [2.45, 2.75) is 33.6 Å². The highest BCUT2D eigenvalue weighted by molar-refractivity contribution is 9.10. The maximum Gasteiger partial charge on any atom is 0.259 e. The fraction of sp³-hybridized carbons (Fsp3) is 0.350. The Morgan fingerprint density at radius 2 is 1.83 bits per heavy atom. The van der Waals surface area contributed by atoms with Crippen molar-refractivity contribution < 1.29 is 9.53 Å². The summed E-state index contributed by atoms with van der Waals surface area (Å²) in [4.78, 5) is 12.8. The third-order valence-electron chi connectivity index (χ3n) is 3.59. The fourth-order valence-corrected chi connectivity index (χ4v) is 2.73. The summed E-state index contributed by atoms with van der Waals surface area (Å²) >= 11 is 3.43. The molecule has 0 unspecified atom stereocenters. The van der Waals surface area contributed by atoms with E-state index in [-0.39, 0.29) is 5.91 Å². The van der Waals surface area contributed by atoms with E-state index < -0.39 is 0 Å². The van der Waals surface area contributed by atoms with Gasteiger partial charge in [0.05, 0.1) is 12.2 Å². The smallest absolute Gasteiger partial charge is 0.259 e. The number of halogens is 1. The van der Waals surface area contributed by atoms with E-state index >= 15 is 0 Å². The number of ether oxygens (including phenoxy) is 1. The van der Waals surface area contributed by atoms with E-state index in [9.17, 15) is 4.79 Å². The van der Waals surface area contributed by atoms with Crippen LogP contribution in [0.2, 0.25) is 0 Å². The minimum atomic E-state index is -0.164. The van der Waals surface area contributed by atoms with Gasteiger partial charge in [0.2, 0.25) is 0 Å². The van der Waals surface area contributed by atoms with Crippen LogP contribution in [0.15, 0.2) is 46.9 Å². The van der Waals surface area contributed by atoms with Crippen LogP contribution in [0.25, 0.3) is 0 Å². The number of anilines is 1. The summed E-state index contributed by atoms with van der Waals surface area (Å²) in [6, 6.07) is 13.4. The summed E-state index contributed by atoms with van der Waals surface area (Å²) in [5.41, 5.74) is 2.49. The Labute approximate surface area is 152 Å². The Balaban J connectivity index is 2.28. The maximum atomic E-state index is 12.8. The van der Waals surface area contributed by atoms with Gasteiger partial charge in [0.15, 0.2) is 0 Å². The lowest BCUT2D eigenvalue weighted by Crippen LogP contribution is -2.16. The molecular weight excluding hydrogens is 366 g/mol. The second-order valence-electron chi connectivity index (χ2n) is 6.54. The number of amides is 1. The molecule has 0 radical (unpaired) electrons. The van der Waals surface area contributed by atoms with Gasteiger partial charge in [-0.05, 0) is 41.7 Å². The number of hydrogen-bond acceptors (Lipinski definition) is 2. The van der Waals surface area contributed by atoms with E-state index in [4.69, 9.17) is 4.74 Å². The molecule has 0 aliphatic rings. The molecule has 0 saturated heterocycles. The Morgan fingerprint density at radius 1 is 1.12 bits per heavy atom. The van der Waals surface area contributed by atoms with Gasteiger partial charge in [0.1, 0.15) is 5.75 Å². The van der Waals surface area contributed by atoms with Crippen molar-refractivity contribution >= 4 is 27.5 Å². The van der Waals surface area contributed by atoms with E-state index in [2.05, 4.69) is 48.9 Å². The van der Waals surface area contributed by atoms with E-state index in [1.807, 2.05) is 36.4 Å². The number of carbonyl (C=O) groups is 1. The molecule has 2 rings (SSSR count). The van der Waals surface area contributed by atoms with Crippen LogP contribution < -0.4 is 10.1 Å². The highest BCUT2D eigenvalue weighted by atomic mass is 79.9. The molecule has 2 aromatic rings. The van der Waals surface area contributed by atoms with Crippen molar-refractivity contribution in [1.82, 2.24) is 0 Å². The van der Waals surface area contributed by atoms with Crippen LogP contribution in [-0.2, 0) is 0 Å². The summed E-state index contributed by atoms with van der Waals surface area (Å²) in [6.07, 6.45) is 0. The molecule has 1 N–H and O–H groups in total. The lowest BCUT2D eigenvalue weighted by atomic mass is 10.0. The van der Waals surface area contributed by atoms with Gasteiger partial charge < -0.3 is 10.1 Å². The highest BCUT2D eigenvalue weighted by Crippen LogP contribution is 2.27. The minimum Gasteiger partial charge on any atom is -0.492 e. The first-order valence-electron chi connectivity index (χ1n) is 8.21. The molecule has 0 aliphatic carbocycles. The molecule has 0 fully saturated rings. The number of hydrogen-bond donors (Lipinski definition) is 1. The molecule has 3 nitrogen and oxygen atoms in total. The molecule has 0 spiro atoms. The number of rotatable bonds is 6. The Hall–Kier alpha value is -1.81. The van der Waals surface area contributed by atoms with E-state index in [1.165, 1.54) is 0 Å². The normalized spacial score (nSPS) is 11.0. The first kappa shape index (κ1) is 18.5. The number of para-hydroxylation sites is 1. The standard InChI is InChI=1S/C20H24BrNO2/c1-13(2)12-24-19-10-9-15(21)11-17(19)20(23)22-18-8-6-5-7-16(18)14(3)4/h5-11,13-14H,12H2,1-4H3,(H,22,23). The third kappa shape index (κ3) is 4.84. The van der Waals surface area contributed by atoms with Gasteiger partial charge in [-0.25, -0.2) is 0 Å². The molecule has 0 atom stereocenters. The summed E-state index contributed by atoms with van der Waals surface area (Å²) in [5.74, 6) is 1.17. The molecule has 128 valence electrons. The van der Waals surface area contributed by atoms with Gasteiger partial charge in [-0.15, -0.1) is 0 Å². The molecule has 0 heterocycles. The molecule has 0 saturated carbocycles. The fourth-order valence-electron chi connectivity index (χ4n) is 2.37. The van der Waals surface area contributed by atoms with Crippen molar-refractivity contribution in [2.24, 2.45) is 5.92 Å². The van der Waals surface area contributed by atoms with Crippen LogP contribution in [-0.4, -0.2) is 12.5 Å². The largest absolute Gasteiger partial charge is 0.492 e. The second-order valence-corrected chi connectivity index (χ2v) is 7.46. The maximum absolute atomic E-state index is 12.8. The van der Waals surface area contributed by atoms with Crippen LogP contribution in [0.4, 0.5) is 5.69 Å². The van der Waals surface area contributed by atoms with Gasteiger partial charge >= 0.3 is 0 Å². The van der Waals surface area contributed by atoms with Crippen molar-refractivity contribution in [3.05, 3.63) is 58.1 Å². The average molecular weight is 390 g/mol. The molecule has 4 heteroatoms. The van der Waals surface area contributed by atoms with Crippen molar-refractivity contribution in [3.8, 4) is 5.75 Å². The summed E-state index contributed by atoms with van der Waals surface area (Å²) in [7, 11) is 0. The van der Waals surface area contributed by atoms with E-state index in [0.29, 0.717) is 29.8 Å². The Morgan fingerprint density at radius 3 is 2.50 bits per heavy atom. The highest BCUT2D eigenvalue weighted by Gasteiger charge is 2.16. The van der Waals surface area contributed by atoms with Gasteiger partial charge in [-0.3, -0.25) is 4.79 Å². The second kappa shape index (κ2) is 8.34. The predicted molar refractivity (Wildman–Crippen MR) is 103 cm³/mol. The van der Waals surface area contributed by atoms with Gasteiger partial charge in [-0.1, -0.05) is 61.8 Å². The molecule has 1 amide bonds. The lowest BCUT2D eigenvalue weighted by Gasteiger charge is -2.16. The van der Waals surface area contributed by atoms with Gasteiger partial charge in [0, 0.05) is 10.2 Å². The van der Waals surface area contributed by atoms with E-state index in [0.717, 1.165) is 15.7 Å². The topological polar surface area (TPSA) is 38.3 Å². The van der Waals surface area contributed by atoms with E-state index in [1.54, 1.807) is 6.07 Å². The zero-order valence-electron chi connectivity index (χ0n) is 14.6. The lowest BCUT2D eigenvalue weighted by molar-refractivity contribution is 0.102. The molecule has 0 aliphatic heterocycles. The van der Waals surface area contributed by atoms with Crippen LogP contribution >= 0.6 is 15.9 Å². The molecular formula is C20H24BrNO2. The SMILES string of the molecule is CC(C)COc1ccc(Br)cc1C(=O)Nc1ccccc1C(C)C. The first-order chi connectivity index (χ1) is 11.4. The molecule has 0 aromatic heterocycles. The van der Waals surface area contributed by atoms with Gasteiger partial charge in [-0.2, -0.15) is 0 Å². The Kier molecular flexibility index (Phi) is 6.44. The van der Waals surface area contributed by atoms with Crippen molar-refractivity contribution in [1.29, 1.82) is 0 Å². The summed E-state index contributed by atoms with van der Waals surface area (Å²) in [5, 5.41) is 3.02. The number of benzene rings is 2. The van der Waals surface area contributed by atoms with Crippen LogP contribution in [0, 0.1) is 5.92 Å². The summed E-state index contributed by atoms with van der Waals surface area (Å²) in [6.45, 7) is 8.96. The zero-order chi connectivity index (χ0) is 17.7. The van der Waals surface area contributed by atoms with Crippen LogP contribution in [0.5, 0.6) is 5.75 Å². The van der Waals surface area contributed by atoms with Crippen molar-refractivity contribution in [3.63, 3.8) is 0 Å². The molecule has 2 aromatic carbocycles. The third-order valence-corrected chi connectivity index (χ3v) is 4.08. The predicted octanol–water partition coefficient (Wildman–Crippen LogP) is 5.86. The molecule has 24 heavy (non-hydrogen) atoms. The van der Waals surface area contributed by atoms with Crippen LogP contribution in [0.3, 0.4) is 0 Å². The van der Waals surface area contributed by atoms with Crippen molar-refractivity contribution in [2.75, 3.05) is 11.9 Å². The van der Waals surface area contributed by atoms with Gasteiger partial charge in [0.25, 0.3) is 5.91 Å².